The van der Waals surface area contributed by atoms with Gasteiger partial charge in [0.2, 0.25) is 6.79 Å². The molecule has 204 valence electrons. The predicted octanol–water partition coefficient (Wildman–Crippen LogP) is 2.06. The summed E-state index contributed by atoms with van der Waals surface area (Å²) in [5.74, 6) is -0.420. The fourth-order valence-electron chi connectivity index (χ4n) is 5.73. The molecule has 5 aliphatic rings. The average Bonchev–Trinajstić information content (AvgIpc) is 3.33. The lowest BCUT2D eigenvalue weighted by Crippen LogP contribution is -2.49. The Labute approximate surface area is 217 Å². The second-order valence-electron chi connectivity index (χ2n) is 10.9. The van der Waals surface area contributed by atoms with Crippen molar-refractivity contribution in [1.82, 2.24) is 9.80 Å². The highest BCUT2D eigenvalue weighted by molar-refractivity contribution is 6.27. The van der Waals surface area contributed by atoms with Crippen molar-refractivity contribution in [3.63, 3.8) is 0 Å². The highest BCUT2D eigenvalue weighted by atomic mass is 16.7. The summed E-state index contributed by atoms with van der Waals surface area (Å²) in [5, 5.41) is 25.3. The molecule has 2 bridgehead atoms. The van der Waals surface area contributed by atoms with Gasteiger partial charge >= 0.3 is 11.9 Å². The van der Waals surface area contributed by atoms with Crippen LogP contribution in [-0.2, 0) is 20.9 Å². The third-order valence-corrected chi connectivity index (χ3v) is 8.12. The maximum Gasteiger partial charge on any atom is 0.414 e. The third kappa shape index (κ3) is 6.81. The topological polar surface area (TPSA) is 129 Å². The van der Waals surface area contributed by atoms with Gasteiger partial charge in [-0.3, -0.25) is 9.80 Å². The average molecular weight is 519 g/mol. The van der Waals surface area contributed by atoms with Gasteiger partial charge < -0.3 is 29.5 Å². The van der Waals surface area contributed by atoms with Gasteiger partial charge in [-0.1, -0.05) is 26.0 Å². The van der Waals surface area contributed by atoms with Crippen LogP contribution in [0.15, 0.2) is 29.8 Å². The highest BCUT2D eigenvalue weighted by Gasteiger charge is 2.50. The Bertz CT molecular complexity index is 990. The first-order chi connectivity index (χ1) is 17.6. The zero-order chi connectivity index (χ0) is 26.6. The molecule has 0 aromatic heterocycles. The quantitative estimate of drug-likeness (QED) is 0.347. The van der Waals surface area contributed by atoms with E-state index < -0.39 is 18.0 Å². The SMILES string of the molecule is CC1(C)C2CC=C(COCC(O)CN3CCN(Cc4ccc5c(c4)OCO5)CC3)C1C2.O=C(O)C(=O)O. The number of nitrogens with zero attached hydrogens (tertiary/aromatic N) is 2. The normalized spacial score (nSPS) is 24.8. The molecule has 1 saturated carbocycles. The molecule has 1 aromatic carbocycles. The van der Waals surface area contributed by atoms with E-state index in [0.29, 0.717) is 37.9 Å². The van der Waals surface area contributed by atoms with Crippen molar-refractivity contribution in [2.24, 2.45) is 17.3 Å². The third-order valence-electron chi connectivity index (χ3n) is 8.12. The summed E-state index contributed by atoms with van der Waals surface area (Å²) < 4.78 is 16.8. The molecule has 0 amide bonds. The molecule has 1 aromatic rings. The van der Waals surface area contributed by atoms with Crippen LogP contribution in [0.5, 0.6) is 11.5 Å². The number of aliphatic carboxylic acids is 2. The highest BCUT2D eigenvalue weighted by Crippen LogP contribution is 2.59. The molecule has 3 unspecified atom stereocenters. The largest absolute Gasteiger partial charge is 0.473 e. The molecule has 3 atom stereocenters. The molecular formula is C27H38N2O8. The number of hydrogen-bond acceptors (Lipinski definition) is 8. The van der Waals surface area contributed by atoms with E-state index >= 15 is 0 Å². The molecule has 10 heteroatoms. The van der Waals surface area contributed by atoms with Crippen molar-refractivity contribution in [2.45, 2.75) is 39.3 Å². The van der Waals surface area contributed by atoms with Gasteiger partial charge in [0.15, 0.2) is 11.5 Å². The number of allylic oxidation sites excluding steroid dienone is 1. The van der Waals surface area contributed by atoms with E-state index in [4.69, 9.17) is 34.0 Å². The molecule has 3 aliphatic carbocycles. The van der Waals surface area contributed by atoms with Crippen LogP contribution in [0.25, 0.3) is 0 Å². The zero-order valence-corrected chi connectivity index (χ0v) is 21.6. The Morgan fingerprint density at radius 3 is 2.41 bits per heavy atom. The van der Waals surface area contributed by atoms with E-state index in [9.17, 15) is 5.11 Å². The summed E-state index contributed by atoms with van der Waals surface area (Å²) in [5.41, 5.74) is 3.15. The molecule has 2 heterocycles. The first-order valence-electron chi connectivity index (χ1n) is 12.9. The zero-order valence-electron chi connectivity index (χ0n) is 21.6. The van der Waals surface area contributed by atoms with Crippen molar-refractivity contribution < 1.29 is 39.1 Å². The summed E-state index contributed by atoms with van der Waals surface area (Å²) in [7, 11) is 0. The Balaban J connectivity index is 0.000000480. The number of hydrogen-bond donors (Lipinski definition) is 3. The Morgan fingerprint density at radius 2 is 1.76 bits per heavy atom. The number of aliphatic hydroxyl groups excluding tert-OH is 1. The van der Waals surface area contributed by atoms with Crippen molar-refractivity contribution in [3.8, 4) is 11.5 Å². The molecular weight excluding hydrogens is 480 g/mol. The van der Waals surface area contributed by atoms with Gasteiger partial charge in [0, 0.05) is 39.3 Å². The van der Waals surface area contributed by atoms with Gasteiger partial charge in [0.25, 0.3) is 0 Å². The second-order valence-corrected chi connectivity index (χ2v) is 10.9. The maximum absolute atomic E-state index is 10.5. The molecule has 37 heavy (non-hydrogen) atoms. The van der Waals surface area contributed by atoms with Gasteiger partial charge in [0.05, 0.1) is 19.3 Å². The number of carboxylic acids is 2. The lowest BCUT2D eigenvalue weighted by atomic mass is 9.49. The number of benzene rings is 1. The van der Waals surface area contributed by atoms with Crippen LogP contribution < -0.4 is 9.47 Å². The Morgan fingerprint density at radius 1 is 1.08 bits per heavy atom. The number of rotatable bonds is 8. The number of β-amino-alcohol motifs (C(OH)–C–C–N with tert-alkyl or cyclic N) is 1. The molecule has 1 saturated heterocycles. The lowest BCUT2D eigenvalue weighted by molar-refractivity contribution is -0.159. The number of piperazine rings is 1. The standard InChI is InChI=1S/C25H36N2O4.C2H2O4/c1-25(2)20-5-4-19(22(25)12-20)15-29-16-21(28)14-27-9-7-26(8-10-27)13-18-3-6-23-24(11-18)31-17-30-23;3-1(4)2(5)6/h3-4,6,11,20-22,28H,5,7-10,12-17H2,1-2H3;(H,3,4)(H,5,6). The molecule has 2 aliphatic heterocycles. The molecule has 2 fully saturated rings. The molecule has 6 rings (SSSR count). The number of carboxylic acid groups (broad SMARTS) is 2. The van der Waals surface area contributed by atoms with Gasteiger partial charge in [-0.2, -0.15) is 0 Å². The summed E-state index contributed by atoms with van der Waals surface area (Å²) in [6.45, 7) is 11.8. The maximum atomic E-state index is 10.5. The van der Waals surface area contributed by atoms with Crippen LogP contribution in [-0.4, -0.2) is 95.9 Å². The molecule has 0 spiro atoms. The summed E-state index contributed by atoms with van der Waals surface area (Å²) >= 11 is 0. The van der Waals surface area contributed by atoms with E-state index in [-0.39, 0.29) is 0 Å². The van der Waals surface area contributed by atoms with Crippen molar-refractivity contribution in [2.75, 3.05) is 52.7 Å². The van der Waals surface area contributed by atoms with Crippen molar-refractivity contribution in [1.29, 1.82) is 0 Å². The van der Waals surface area contributed by atoms with Gasteiger partial charge in [-0.05, 0) is 53.4 Å². The van der Waals surface area contributed by atoms with Crippen LogP contribution in [0, 0.1) is 17.3 Å². The smallest absolute Gasteiger partial charge is 0.414 e. The first-order valence-corrected chi connectivity index (χ1v) is 12.9. The van der Waals surface area contributed by atoms with Crippen LogP contribution in [0.4, 0.5) is 0 Å². The fraction of sp³-hybridized carbons (Fsp3) is 0.630. The summed E-state index contributed by atoms with van der Waals surface area (Å²) in [6.07, 6.45) is 4.48. The minimum Gasteiger partial charge on any atom is -0.473 e. The van der Waals surface area contributed by atoms with E-state index in [1.165, 1.54) is 24.0 Å². The minimum absolute atomic E-state index is 0.320. The van der Waals surface area contributed by atoms with Gasteiger partial charge in [-0.15, -0.1) is 0 Å². The minimum atomic E-state index is -1.82. The fourth-order valence-corrected chi connectivity index (χ4v) is 5.73. The second kappa shape index (κ2) is 11.8. The van der Waals surface area contributed by atoms with E-state index in [1.54, 1.807) is 0 Å². The number of aliphatic hydroxyl groups is 1. The molecule has 0 radical (unpaired) electrons. The van der Waals surface area contributed by atoms with E-state index in [1.807, 2.05) is 6.07 Å². The molecule has 10 nitrogen and oxygen atoms in total. The number of carbonyl (C=O) groups is 2. The van der Waals surface area contributed by atoms with Crippen LogP contribution in [0.3, 0.4) is 0 Å². The Hall–Kier alpha value is -2.66. The Kier molecular flexibility index (Phi) is 8.74. The predicted molar refractivity (Wildman–Crippen MR) is 134 cm³/mol. The molecule has 3 N–H and O–H groups in total. The summed E-state index contributed by atoms with van der Waals surface area (Å²) in [6, 6.07) is 6.20. The van der Waals surface area contributed by atoms with Crippen LogP contribution in [0.1, 0.15) is 32.3 Å². The number of ether oxygens (including phenoxy) is 3. The van der Waals surface area contributed by atoms with Crippen molar-refractivity contribution in [3.05, 3.63) is 35.4 Å². The van der Waals surface area contributed by atoms with Crippen LogP contribution in [0.2, 0.25) is 0 Å². The van der Waals surface area contributed by atoms with E-state index in [2.05, 4.69) is 41.9 Å². The number of fused-ring (bicyclic) bond motifs is 2. The summed E-state index contributed by atoms with van der Waals surface area (Å²) in [4.78, 5) is 23.0. The van der Waals surface area contributed by atoms with Crippen LogP contribution >= 0.6 is 0 Å². The van der Waals surface area contributed by atoms with E-state index in [0.717, 1.165) is 50.1 Å². The van der Waals surface area contributed by atoms with Gasteiger partial charge in [-0.25, -0.2) is 9.59 Å². The van der Waals surface area contributed by atoms with Crippen molar-refractivity contribution >= 4 is 11.9 Å². The van der Waals surface area contributed by atoms with Gasteiger partial charge in [0.1, 0.15) is 0 Å². The monoisotopic (exact) mass is 518 g/mol. The first kappa shape index (κ1) is 27.4. The lowest BCUT2D eigenvalue weighted by Gasteiger charge is -2.56.